The van der Waals surface area contributed by atoms with Gasteiger partial charge in [-0.05, 0) is 13.3 Å². The Kier molecular flexibility index (Phi) is 5.95. The zero-order chi connectivity index (χ0) is 15.1. The van der Waals surface area contributed by atoms with Crippen LogP contribution in [0.1, 0.15) is 20.3 Å². The van der Waals surface area contributed by atoms with E-state index in [1.807, 2.05) is 6.92 Å². The van der Waals surface area contributed by atoms with E-state index in [-0.39, 0.29) is 11.9 Å². The normalized spacial score (nSPS) is 11.7. The highest BCUT2D eigenvalue weighted by Crippen LogP contribution is 2.12. The number of aromatic nitrogens is 3. The Morgan fingerprint density at radius 3 is 2.50 bits per heavy atom. The van der Waals surface area contributed by atoms with E-state index in [0.29, 0.717) is 11.9 Å². The molecule has 112 valence electrons. The van der Waals surface area contributed by atoms with Gasteiger partial charge in [0.05, 0.1) is 7.11 Å². The van der Waals surface area contributed by atoms with Crippen molar-refractivity contribution in [1.82, 2.24) is 19.9 Å². The molecule has 8 nitrogen and oxygen atoms in total. The summed E-state index contributed by atoms with van der Waals surface area (Å²) >= 11 is 0. The van der Waals surface area contributed by atoms with E-state index in [2.05, 4.69) is 25.6 Å². The van der Waals surface area contributed by atoms with Crippen molar-refractivity contribution in [2.45, 2.75) is 26.3 Å². The molecule has 0 aliphatic carbocycles. The SMILES string of the molecule is CCCNc1nc(NC(C)C(=O)N(C)C)nc(OC)n1. The maximum absolute atomic E-state index is 11.8. The molecule has 1 rings (SSSR count). The zero-order valence-corrected chi connectivity index (χ0v) is 12.6. The quantitative estimate of drug-likeness (QED) is 0.756. The predicted octanol–water partition coefficient (Wildman–Crippen LogP) is 0.591. The van der Waals surface area contributed by atoms with E-state index in [1.165, 1.54) is 12.0 Å². The third-order valence-electron chi connectivity index (χ3n) is 2.49. The number of anilines is 2. The number of carbonyl (C=O) groups excluding carboxylic acids is 1. The number of likely N-dealkylation sites (N-methyl/N-ethyl adjacent to an activating group) is 1. The molecule has 1 aromatic heterocycles. The molecule has 1 unspecified atom stereocenters. The molecular weight excluding hydrogens is 260 g/mol. The van der Waals surface area contributed by atoms with Gasteiger partial charge >= 0.3 is 6.01 Å². The van der Waals surface area contributed by atoms with Crippen LogP contribution in [0, 0.1) is 0 Å². The fraction of sp³-hybridized carbons (Fsp3) is 0.667. The Bertz CT molecular complexity index is 452. The number of nitrogens with zero attached hydrogens (tertiary/aromatic N) is 4. The number of ether oxygens (including phenoxy) is 1. The molecule has 0 aliphatic rings. The monoisotopic (exact) mass is 282 g/mol. The molecule has 1 aromatic rings. The number of hydrogen-bond donors (Lipinski definition) is 2. The van der Waals surface area contributed by atoms with E-state index >= 15 is 0 Å². The number of hydrogen-bond acceptors (Lipinski definition) is 7. The second kappa shape index (κ2) is 7.46. The lowest BCUT2D eigenvalue weighted by Crippen LogP contribution is -2.37. The van der Waals surface area contributed by atoms with Gasteiger partial charge in [-0.2, -0.15) is 15.0 Å². The van der Waals surface area contributed by atoms with Gasteiger partial charge in [0.1, 0.15) is 6.04 Å². The number of methoxy groups -OCH3 is 1. The summed E-state index contributed by atoms with van der Waals surface area (Å²) in [6.07, 6.45) is 0.951. The van der Waals surface area contributed by atoms with Gasteiger partial charge in [-0.1, -0.05) is 6.92 Å². The summed E-state index contributed by atoms with van der Waals surface area (Å²) < 4.78 is 5.03. The Morgan fingerprint density at radius 2 is 1.95 bits per heavy atom. The largest absolute Gasteiger partial charge is 0.467 e. The first-order valence-electron chi connectivity index (χ1n) is 6.49. The number of rotatable bonds is 7. The molecule has 1 atom stereocenters. The van der Waals surface area contributed by atoms with Crippen LogP contribution >= 0.6 is 0 Å². The van der Waals surface area contributed by atoms with E-state index in [1.54, 1.807) is 21.0 Å². The topological polar surface area (TPSA) is 92.3 Å². The van der Waals surface area contributed by atoms with Gasteiger partial charge in [0.25, 0.3) is 0 Å². The summed E-state index contributed by atoms with van der Waals surface area (Å²) in [5, 5.41) is 6.00. The molecule has 20 heavy (non-hydrogen) atoms. The average Bonchev–Trinajstić information content (AvgIpc) is 2.43. The molecule has 8 heteroatoms. The minimum atomic E-state index is -0.434. The van der Waals surface area contributed by atoms with Crippen LogP contribution in [0.4, 0.5) is 11.9 Å². The van der Waals surface area contributed by atoms with Crippen LogP contribution in [0.15, 0.2) is 0 Å². The molecule has 0 saturated heterocycles. The zero-order valence-electron chi connectivity index (χ0n) is 12.6. The van der Waals surface area contributed by atoms with Gasteiger partial charge in [-0.3, -0.25) is 4.79 Å². The van der Waals surface area contributed by atoms with Crippen LogP contribution in [0.3, 0.4) is 0 Å². The van der Waals surface area contributed by atoms with Crippen molar-refractivity contribution < 1.29 is 9.53 Å². The molecule has 0 bridgehead atoms. The van der Waals surface area contributed by atoms with Crippen LogP contribution in [-0.4, -0.2) is 59.6 Å². The highest BCUT2D eigenvalue weighted by molar-refractivity contribution is 5.83. The van der Waals surface area contributed by atoms with Crippen molar-refractivity contribution in [3.05, 3.63) is 0 Å². The summed E-state index contributed by atoms with van der Waals surface area (Å²) in [6, 6.07) is -0.235. The molecule has 2 N–H and O–H groups in total. The number of carbonyl (C=O) groups is 1. The second-order valence-corrected chi connectivity index (χ2v) is 4.49. The summed E-state index contributed by atoms with van der Waals surface area (Å²) in [5.41, 5.74) is 0. The van der Waals surface area contributed by atoms with Crippen LogP contribution in [-0.2, 0) is 4.79 Å². The first kappa shape index (κ1) is 15.9. The Labute approximate surface area is 119 Å². The smallest absolute Gasteiger partial charge is 0.322 e. The third kappa shape index (κ3) is 4.52. The van der Waals surface area contributed by atoms with Gasteiger partial charge in [0, 0.05) is 20.6 Å². The van der Waals surface area contributed by atoms with Crippen molar-refractivity contribution in [2.24, 2.45) is 0 Å². The van der Waals surface area contributed by atoms with Crippen LogP contribution < -0.4 is 15.4 Å². The van der Waals surface area contributed by atoms with Crippen molar-refractivity contribution in [3.8, 4) is 6.01 Å². The lowest BCUT2D eigenvalue weighted by atomic mass is 10.3. The standard InChI is InChI=1S/C12H22N6O2/c1-6-7-13-10-15-11(17-12(16-10)20-5)14-8(2)9(19)18(3)4/h8H,6-7H2,1-5H3,(H2,13,14,15,16,17). The maximum atomic E-state index is 11.8. The molecule has 0 spiro atoms. The first-order valence-corrected chi connectivity index (χ1v) is 6.49. The van der Waals surface area contributed by atoms with E-state index in [9.17, 15) is 4.79 Å². The van der Waals surface area contributed by atoms with Crippen molar-refractivity contribution in [1.29, 1.82) is 0 Å². The fourth-order valence-electron chi connectivity index (χ4n) is 1.47. The van der Waals surface area contributed by atoms with E-state index < -0.39 is 6.04 Å². The van der Waals surface area contributed by atoms with Crippen LogP contribution in [0.5, 0.6) is 6.01 Å². The minimum Gasteiger partial charge on any atom is -0.467 e. The first-order chi connectivity index (χ1) is 9.47. The average molecular weight is 282 g/mol. The van der Waals surface area contributed by atoms with Crippen molar-refractivity contribution >= 4 is 17.8 Å². The maximum Gasteiger partial charge on any atom is 0.322 e. The molecule has 0 aromatic carbocycles. The Hall–Kier alpha value is -2.12. The van der Waals surface area contributed by atoms with Gasteiger partial charge in [-0.15, -0.1) is 0 Å². The van der Waals surface area contributed by atoms with Gasteiger partial charge in [0.15, 0.2) is 0 Å². The lowest BCUT2D eigenvalue weighted by Gasteiger charge is -2.18. The summed E-state index contributed by atoms with van der Waals surface area (Å²) in [6.45, 7) is 4.54. The van der Waals surface area contributed by atoms with Crippen molar-refractivity contribution in [3.63, 3.8) is 0 Å². The molecule has 0 radical (unpaired) electrons. The molecule has 1 amide bonds. The number of amides is 1. The van der Waals surface area contributed by atoms with Crippen LogP contribution in [0.25, 0.3) is 0 Å². The lowest BCUT2D eigenvalue weighted by molar-refractivity contribution is -0.129. The van der Waals surface area contributed by atoms with E-state index in [4.69, 9.17) is 4.74 Å². The summed E-state index contributed by atoms with van der Waals surface area (Å²) in [4.78, 5) is 25.7. The highest BCUT2D eigenvalue weighted by atomic mass is 16.5. The molecular formula is C12H22N6O2. The second-order valence-electron chi connectivity index (χ2n) is 4.49. The molecule has 1 heterocycles. The Morgan fingerprint density at radius 1 is 1.30 bits per heavy atom. The predicted molar refractivity (Wildman–Crippen MR) is 76.9 cm³/mol. The summed E-state index contributed by atoms with van der Waals surface area (Å²) in [5.74, 6) is 0.663. The number of nitrogens with one attached hydrogen (secondary N) is 2. The van der Waals surface area contributed by atoms with Crippen LogP contribution in [0.2, 0.25) is 0 Å². The Balaban J connectivity index is 2.85. The van der Waals surface area contributed by atoms with Gasteiger partial charge in [-0.25, -0.2) is 0 Å². The molecule has 0 fully saturated rings. The highest BCUT2D eigenvalue weighted by Gasteiger charge is 2.16. The van der Waals surface area contributed by atoms with Gasteiger partial charge < -0.3 is 20.3 Å². The van der Waals surface area contributed by atoms with Gasteiger partial charge in [0.2, 0.25) is 17.8 Å². The van der Waals surface area contributed by atoms with Crippen molar-refractivity contribution in [2.75, 3.05) is 38.4 Å². The fourth-order valence-corrected chi connectivity index (χ4v) is 1.47. The minimum absolute atomic E-state index is 0.0625. The summed E-state index contributed by atoms with van der Waals surface area (Å²) in [7, 11) is 4.88. The third-order valence-corrected chi connectivity index (χ3v) is 2.49. The molecule has 0 saturated carbocycles. The molecule has 0 aliphatic heterocycles. The van der Waals surface area contributed by atoms with E-state index in [0.717, 1.165) is 13.0 Å².